The van der Waals surface area contributed by atoms with Gasteiger partial charge in [-0.3, -0.25) is 67.1 Å². The summed E-state index contributed by atoms with van der Waals surface area (Å²) in [5, 5.41) is 66.2. The Balaban J connectivity index is 1.18. The average molecular weight is 1620 g/mol. The number of hydrogen-bond acceptors (Lipinski definition) is 20. The lowest BCUT2D eigenvalue weighted by Crippen LogP contribution is -2.67. The summed E-state index contributed by atoms with van der Waals surface area (Å²) in [6.07, 6.45) is -2.90. The van der Waals surface area contributed by atoms with E-state index in [9.17, 15) is 87.5 Å². The first kappa shape index (κ1) is 93.0. The number of benzene rings is 4. The third-order valence-corrected chi connectivity index (χ3v) is 20.1. The number of carboxylic acid groups (broad SMARTS) is 1. The highest BCUT2D eigenvalue weighted by molar-refractivity contribution is 6.02. The molecule has 5 aromatic rings. The molecule has 13 atom stereocenters. The molecule has 1 saturated heterocycles. The molecular weight excluding hydrogens is 1510 g/mol. The Labute approximate surface area is 668 Å². The molecule has 0 saturated carbocycles. The molecule has 37 heteroatoms. The molecule has 0 bridgehead atoms. The van der Waals surface area contributed by atoms with Crippen LogP contribution in [0.25, 0.3) is 11.1 Å². The molecule has 1 aromatic heterocycles. The van der Waals surface area contributed by atoms with Crippen LogP contribution in [0, 0.1) is 17.6 Å². The van der Waals surface area contributed by atoms with Crippen LogP contribution in [-0.4, -0.2) is 222 Å². The number of nitrogens with zero attached hydrogens (tertiary/aromatic N) is 2. The van der Waals surface area contributed by atoms with E-state index in [-0.39, 0.29) is 44.6 Å². The van der Waals surface area contributed by atoms with Crippen molar-refractivity contribution < 1.29 is 101 Å². The van der Waals surface area contributed by atoms with Crippen molar-refractivity contribution in [3.05, 3.63) is 143 Å². The van der Waals surface area contributed by atoms with Crippen molar-refractivity contribution in [1.82, 2.24) is 68.0 Å². The second-order valence-corrected chi connectivity index (χ2v) is 29.7. The zero-order valence-corrected chi connectivity index (χ0v) is 66.1. The van der Waals surface area contributed by atoms with Gasteiger partial charge in [0.15, 0.2) is 0 Å². The predicted molar refractivity (Wildman–Crippen MR) is 415 cm³/mol. The molecule has 116 heavy (non-hydrogen) atoms. The van der Waals surface area contributed by atoms with Crippen LogP contribution in [-0.2, 0) is 99.2 Å². The number of hydrogen-bond donors (Lipinski definition) is 18. The number of aryl methyl sites for hydroxylation is 2. The number of ether oxygens (including phenoxy) is 1. The molecule has 1 fully saturated rings. The Morgan fingerprint density at radius 2 is 1.29 bits per heavy atom. The van der Waals surface area contributed by atoms with Gasteiger partial charge in [0.2, 0.25) is 76.8 Å². The van der Waals surface area contributed by atoms with Gasteiger partial charge in [0, 0.05) is 49.7 Å². The number of aliphatic carboxylic acids is 1. The molecule has 0 radical (unpaired) electrons. The number of aliphatic hydroxyl groups is 3. The number of carbonyl (C=O) groups is 14. The van der Waals surface area contributed by atoms with Crippen molar-refractivity contribution in [3.63, 3.8) is 0 Å². The summed E-state index contributed by atoms with van der Waals surface area (Å²) in [5.41, 5.74) is 15.0. The Morgan fingerprint density at radius 1 is 0.681 bits per heavy atom. The van der Waals surface area contributed by atoms with Crippen LogP contribution >= 0.6 is 0 Å². The largest absolute Gasteiger partial charge is 0.497 e. The van der Waals surface area contributed by atoms with Crippen LogP contribution in [0.4, 0.5) is 8.78 Å². The summed E-state index contributed by atoms with van der Waals surface area (Å²) >= 11 is 0. The summed E-state index contributed by atoms with van der Waals surface area (Å²) in [6, 6.07) is 10.1. The molecule has 35 nitrogen and oxygen atoms in total. The minimum Gasteiger partial charge on any atom is -0.497 e. The molecule has 6 rings (SSSR count). The van der Waals surface area contributed by atoms with Crippen LogP contribution in [0.1, 0.15) is 128 Å². The quantitative estimate of drug-likeness (QED) is 0.0213. The maximum atomic E-state index is 15.6. The molecule has 4 aromatic carbocycles. The van der Waals surface area contributed by atoms with Crippen LogP contribution in [0.15, 0.2) is 104 Å². The van der Waals surface area contributed by atoms with Crippen molar-refractivity contribution >= 4 is 82.8 Å². The van der Waals surface area contributed by atoms with Crippen molar-refractivity contribution in [2.45, 2.75) is 210 Å². The van der Waals surface area contributed by atoms with Crippen LogP contribution in [0.5, 0.6) is 5.75 Å². The van der Waals surface area contributed by atoms with Crippen LogP contribution in [0.3, 0.4) is 0 Å². The predicted octanol–water partition coefficient (Wildman–Crippen LogP) is -1.42. The Bertz CT molecular complexity index is 4310. The number of aromatic amines is 1. The van der Waals surface area contributed by atoms with Gasteiger partial charge in [0.05, 0.1) is 51.3 Å². The molecule has 630 valence electrons. The standard InChI is InChI=1S/C79H106F2N16O19/c1-10-47-34-50(116-9)26-27-51(47)48-24-22-46(23-25-48)33-56(69(108)95-77(6,74(84)113)30-15-19-45-17-12-11-13-18-45)88-67(106)57(36-62(103)104)89-68(107)59(40-98)91-71(110)64(43(4)99)94-75(114)78(7,37-52-53(80)20-14-21-54(52)81)96-72(111)65(44(5)100)93-61(102)39-86-66(105)55(28-29-60(82)101)92-76(115)79(8)31-16-32-97(79)73(112)58(35-49-38-85-41-87-49)90-70(109)63(83)42(2)3/h11-14,17-18,20-27,34,38,41-44,55-59,63-65,98-100H,10,15-16,19,28-33,35-37,39-40,83H2,1-9H3,(H2,82,101)(H2,84,113)(H,85,87)(H,86,105)(H,88,106)(H,89,107)(H,90,109)(H,91,110)(H,92,115)(H,93,102)(H,94,114)(H,95,108)(H,96,111)(H,103,104)/t43-,44-,55+,56+,57+,58+,59+,63+,64+,65+,77?,78?,79+/m1/s1. The minimum atomic E-state index is -2.68. The summed E-state index contributed by atoms with van der Waals surface area (Å²) in [6.45, 7) is 8.70. The molecule has 1 aliphatic rings. The fraction of sp³-hybridized carbons (Fsp3) is 0.481. The van der Waals surface area contributed by atoms with Crippen molar-refractivity contribution in [2.75, 3.05) is 26.8 Å². The van der Waals surface area contributed by atoms with E-state index < -0.39 is 216 Å². The van der Waals surface area contributed by atoms with E-state index in [0.29, 0.717) is 36.3 Å². The van der Waals surface area contributed by atoms with Gasteiger partial charge >= 0.3 is 5.97 Å². The topological polar surface area (TPSA) is 559 Å². The van der Waals surface area contributed by atoms with Gasteiger partial charge in [0.1, 0.15) is 76.3 Å². The van der Waals surface area contributed by atoms with E-state index in [1.807, 2.05) is 49.4 Å². The number of nitrogens with one attached hydrogen (secondary N) is 11. The molecule has 2 heterocycles. The highest BCUT2D eigenvalue weighted by atomic mass is 19.1. The summed E-state index contributed by atoms with van der Waals surface area (Å²) in [5.74, 6) is -18.4. The van der Waals surface area contributed by atoms with Gasteiger partial charge in [-0.05, 0) is 138 Å². The molecule has 0 spiro atoms. The second-order valence-electron chi connectivity index (χ2n) is 29.7. The number of aliphatic hydroxyl groups excluding tert-OH is 3. The van der Waals surface area contributed by atoms with Gasteiger partial charge in [-0.25, -0.2) is 13.8 Å². The number of H-pyrrole nitrogens is 1. The second kappa shape index (κ2) is 42.5. The number of imidazole rings is 1. The number of amides is 13. The first-order valence-corrected chi connectivity index (χ1v) is 37.8. The van der Waals surface area contributed by atoms with Crippen LogP contribution < -0.4 is 75.1 Å². The number of rotatable bonds is 44. The number of methoxy groups -OCH3 is 1. The summed E-state index contributed by atoms with van der Waals surface area (Å²) in [4.78, 5) is 202. The van der Waals surface area contributed by atoms with Gasteiger partial charge < -0.3 is 105 Å². The smallest absolute Gasteiger partial charge is 0.305 e. The van der Waals surface area contributed by atoms with Crippen molar-refractivity contribution in [2.24, 2.45) is 23.1 Å². The van der Waals surface area contributed by atoms with Gasteiger partial charge in [-0.1, -0.05) is 87.5 Å². The minimum absolute atomic E-state index is 0.0226. The van der Waals surface area contributed by atoms with E-state index in [1.165, 1.54) is 31.3 Å². The fourth-order valence-electron chi connectivity index (χ4n) is 13.0. The van der Waals surface area contributed by atoms with Crippen molar-refractivity contribution in [3.8, 4) is 16.9 Å². The summed E-state index contributed by atoms with van der Waals surface area (Å²) < 4.78 is 36.6. The maximum Gasteiger partial charge on any atom is 0.305 e. The first-order valence-electron chi connectivity index (χ1n) is 37.8. The lowest BCUT2D eigenvalue weighted by molar-refractivity contribution is -0.147. The number of likely N-dealkylation sites (tertiary alicyclic amines) is 1. The highest BCUT2D eigenvalue weighted by Crippen LogP contribution is 2.32. The van der Waals surface area contributed by atoms with Gasteiger partial charge in [0.25, 0.3) is 0 Å². The van der Waals surface area contributed by atoms with Gasteiger partial charge in [-0.2, -0.15) is 0 Å². The number of halogens is 2. The molecular formula is C79H106F2N16O19. The van der Waals surface area contributed by atoms with Crippen molar-refractivity contribution in [1.29, 1.82) is 0 Å². The van der Waals surface area contributed by atoms with Crippen LogP contribution in [0.2, 0.25) is 0 Å². The normalized spacial score (nSPS) is 16.8. The number of primary amides is 2. The number of aromatic nitrogens is 2. The van der Waals surface area contributed by atoms with E-state index in [0.717, 1.165) is 61.2 Å². The first-order chi connectivity index (χ1) is 54.7. The van der Waals surface area contributed by atoms with E-state index in [4.69, 9.17) is 21.9 Å². The lowest BCUT2D eigenvalue weighted by atomic mass is 9.89. The maximum absolute atomic E-state index is 15.6. The third-order valence-electron chi connectivity index (χ3n) is 20.1. The number of carbonyl (C=O) groups excluding carboxylic acids is 13. The fourth-order valence-corrected chi connectivity index (χ4v) is 13.0. The molecule has 13 amide bonds. The average Bonchev–Trinajstić information content (AvgIpc) is 1.48. The van der Waals surface area contributed by atoms with E-state index in [1.54, 1.807) is 51.3 Å². The lowest BCUT2D eigenvalue weighted by Gasteiger charge is -2.37. The third kappa shape index (κ3) is 25.8. The van der Waals surface area contributed by atoms with Gasteiger partial charge in [-0.15, -0.1) is 0 Å². The molecule has 1 aliphatic heterocycles. The molecule has 2 unspecified atom stereocenters. The molecule has 0 aliphatic carbocycles. The zero-order valence-electron chi connectivity index (χ0n) is 66.1. The Hall–Kier alpha value is -11.8. The highest BCUT2D eigenvalue weighted by Gasteiger charge is 2.49. The SMILES string of the molecule is CCc1cc(OC)ccc1-c1ccc(C[C@H](NC(=O)[C@H](CC(=O)O)NC(=O)[C@H](CO)NC(=O)[C@@H](NC(=O)C(C)(Cc2c(F)cccc2F)NC(=O)[C@@H](NC(=O)CNC(=O)[C@H](CCC(N)=O)NC(=O)[C@]2(C)CCCN2C(=O)[C@H](Cc2cnc[nH]2)NC(=O)[C@@H](N)C(C)C)[C@@H](C)O)[C@@H](C)O)C(=O)NC(C)(CCCc2ccccc2)C(N)=O)cc1. The van der Waals surface area contributed by atoms with E-state index in [2.05, 4.69) is 63.1 Å². The number of nitrogens with two attached hydrogens (primary N) is 3. The van der Waals surface area contributed by atoms with E-state index >= 15 is 8.78 Å². The summed E-state index contributed by atoms with van der Waals surface area (Å²) in [7, 11) is 1.54. The zero-order chi connectivity index (χ0) is 86.1. The Kier molecular flexibility index (Phi) is 34.1. The monoisotopic (exact) mass is 1620 g/mol. The molecule has 21 N–H and O–H groups in total. The Morgan fingerprint density at radius 3 is 1.87 bits per heavy atom. The number of carboxylic acids is 1.